The first-order valence-electron chi connectivity index (χ1n) is 10.4. The molecular formula is C23H21NO8S. The number of hydrogen-bond donors (Lipinski definition) is 0. The predicted molar refractivity (Wildman–Crippen MR) is 118 cm³/mol. The van der Waals surface area contributed by atoms with E-state index in [0.29, 0.717) is 46.6 Å². The van der Waals surface area contributed by atoms with E-state index in [1.807, 2.05) is 4.90 Å². The molecule has 3 heterocycles. The van der Waals surface area contributed by atoms with E-state index in [4.69, 9.17) is 13.9 Å². The van der Waals surface area contributed by atoms with Gasteiger partial charge in [-0.25, -0.2) is 13.2 Å². The Hall–Kier alpha value is -3.37. The Balaban J connectivity index is 1.43. The number of sulfone groups is 1. The summed E-state index contributed by atoms with van der Waals surface area (Å²) < 4.78 is 45.7. The number of benzene rings is 2. The zero-order valence-corrected chi connectivity index (χ0v) is 18.6. The van der Waals surface area contributed by atoms with E-state index in [9.17, 15) is 18.0 Å². The third-order valence-electron chi connectivity index (χ3n) is 5.94. The maximum atomic E-state index is 13.1. The Kier molecular flexibility index (Phi) is 5.34. The van der Waals surface area contributed by atoms with E-state index in [1.165, 1.54) is 25.5 Å². The molecule has 9 nitrogen and oxygen atoms in total. The number of rotatable bonds is 4. The van der Waals surface area contributed by atoms with Crippen LogP contribution in [-0.4, -0.2) is 50.7 Å². The molecule has 2 aliphatic heterocycles. The molecular weight excluding hydrogens is 450 g/mol. The topological polar surface area (TPSA) is 112 Å². The van der Waals surface area contributed by atoms with Crippen LogP contribution in [0.4, 0.5) is 0 Å². The van der Waals surface area contributed by atoms with Crippen molar-refractivity contribution in [2.45, 2.75) is 19.0 Å². The summed E-state index contributed by atoms with van der Waals surface area (Å²) in [6, 6.07) is 9.41. The number of ether oxygens (including phenoxy) is 3. The monoisotopic (exact) mass is 471 g/mol. The van der Waals surface area contributed by atoms with E-state index >= 15 is 0 Å². The normalized spacial score (nSPS) is 19.6. The van der Waals surface area contributed by atoms with Crippen LogP contribution in [0.25, 0.3) is 11.0 Å². The lowest BCUT2D eigenvalue weighted by molar-refractivity contribution is 0.0600. The van der Waals surface area contributed by atoms with Gasteiger partial charge in [-0.05, 0) is 42.8 Å². The maximum absolute atomic E-state index is 13.1. The molecule has 0 spiro atoms. The highest BCUT2D eigenvalue weighted by Gasteiger charge is 2.35. The van der Waals surface area contributed by atoms with Crippen molar-refractivity contribution >= 4 is 26.8 Å². The van der Waals surface area contributed by atoms with Gasteiger partial charge in [-0.15, -0.1) is 0 Å². The summed E-state index contributed by atoms with van der Waals surface area (Å²) in [5.41, 5.74) is 1.10. The van der Waals surface area contributed by atoms with Crippen LogP contribution in [0.2, 0.25) is 0 Å². The van der Waals surface area contributed by atoms with Crippen LogP contribution in [-0.2, 0) is 21.1 Å². The minimum Gasteiger partial charge on any atom is -0.478 e. The molecule has 0 saturated carbocycles. The number of carbonyl (C=O) groups excluding carboxylic acids is 1. The molecule has 0 bridgehead atoms. The van der Waals surface area contributed by atoms with Gasteiger partial charge < -0.3 is 18.6 Å². The highest BCUT2D eigenvalue weighted by Crippen LogP contribution is 2.34. The summed E-state index contributed by atoms with van der Waals surface area (Å²) in [7, 11) is -1.73. The summed E-state index contributed by atoms with van der Waals surface area (Å²) in [4.78, 5) is 26.6. The summed E-state index contributed by atoms with van der Waals surface area (Å²) in [5.74, 6) is 0.783. The first-order chi connectivity index (χ1) is 15.8. The second-order valence-electron chi connectivity index (χ2n) is 8.04. The quantitative estimate of drug-likeness (QED) is 0.530. The third-order valence-corrected chi connectivity index (χ3v) is 7.70. The molecule has 10 heteroatoms. The molecule has 0 radical (unpaired) electrons. The zero-order chi connectivity index (χ0) is 23.2. The number of esters is 1. The lowest BCUT2D eigenvalue weighted by Crippen LogP contribution is -2.41. The third kappa shape index (κ3) is 4.07. The molecule has 33 heavy (non-hydrogen) atoms. The second-order valence-corrected chi connectivity index (χ2v) is 10.3. The van der Waals surface area contributed by atoms with E-state index in [-0.39, 0.29) is 35.5 Å². The number of hydrogen-bond acceptors (Lipinski definition) is 9. The van der Waals surface area contributed by atoms with Gasteiger partial charge in [0.05, 0.1) is 35.1 Å². The van der Waals surface area contributed by atoms with Crippen molar-refractivity contribution < 1.29 is 31.8 Å². The fourth-order valence-electron chi connectivity index (χ4n) is 4.18. The van der Waals surface area contributed by atoms with Gasteiger partial charge in [0, 0.05) is 12.6 Å². The van der Waals surface area contributed by atoms with Crippen molar-refractivity contribution in [2.75, 3.05) is 25.3 Å². The summed E-state index contributed by atoms with van der Waals surface area (Å²) in [6.45, 7) is 0.705. The number of fused-ring (bicyclic) bond motifs is 3. The lowest BCUT2D eigenvalue weighted by Gasteiger charge is -2.33. The average molecular weight is 471 g/mol. The molecule has 1 fully saturated rings. The number of nitrogens with zero attached hydrogens (tertiary/aromatic N) is 1. The van der Waals surface area contributed by atoms with Crippen LogP contribution in [0.1, 0.15) is 22.3 Å². The highest BCUT2D eigenvalue weighted by atomic mass is 32.2. The SMILES string of the molecule is COC(=O)c1ccc(Oc2coc3c4c(ccc3c2=O)OCN([C@@H]2CCS(=O)(=O)C2)C4)cc1. The van der Waals surface area contributed by atoms with Gasteiger partial charge in [0.1, 0.15) is 30.1 Å². The molecule has 1 saturated heterocycles. The largest absolute Gasteiger partial charge is 0.478 e. The van der Waals surface area contributed by atoms with Gasteiger partial charge in [-0.1, -0.05) is 0 Å². The maximum Gasteiger partial charge on any atom is 0.337 e. The molecule has 0 amide bonds. The van der Waals surface area contributed by atoms with E-state index < -0.39 is 15.8 Å². The Morgan fingerprint density at radius 2 is 1.94 bits per heavy atom. The van der Waals surface area contributed by atoms with Crippen molar-refractivity contribution in [3.63, 3.8) is 0 Å². The van der Waals surface area contributed by atoms with E-state index in [0.717, 1.165) is 0 Å². The zero-order valence-electron chi connectivity index (χ0n) is 17.8. The van der Waals surface area contributed by atoms with Gasteiger partial charge in [0.25, 0.3) is 0 Å². The fourth-order valence-corrected chi connectivity index (χ4v) is 5.94. The molecule has 172 valence electrons. The molecule has 1 atom stereocenters. The predicted octanol–water partition coefficient (Wildman–Crippen LogP) is 2.71. The summed E-state index contributed by atoms with van der Waals surface area (Å²) >= 11 is 0. The van der Waals surface area contributed by atoms with Gasteiger partial charge in [-0.2, -0.15) is 0 Å². The lowest BCUT2D eigenvalue weighted by atomic mass is 10.1. The van der Waals surface area contributed by atoms with Crippen LogP contribution in [0.15, 0.2) is 51.9 Å². The number of methoxy groups -OCH3 is 1. The van der Waals surface area contributed by atoms with Crippen LogP contribution in [0, 0.1) is 0 Å². The molecule has 1 aromatic heterocycles. The van der Waals surface area contributed by atoms with Crippen LogP contribution >= 0.6 is 0 Å². The first kappa shape index (κ1) is 21.5. The second kappa shape index (κ2) is 8.20. The number of carbonyl (C=O) groups is 1. The molecule has 0 aliphatic carbocycles. The molecule has 2 aliphatic rings. The Morgan fingerprint density at radius 1 is 1.15 bits per heavy atom. The summed E-state index contributed by atoms with van der Waals surface area (Å²) in [6.07, 6.45) is 1.81. The standard InChI is InChI=1S/C23H21NO8S/c1-29-23(26)14-2-4-16(5-3-14)32-20-11-30-22-17(21(20)25)6-7-19-18(22)10-24(13-31-19)15-8-9-33(27,28)12-15/h2-7,11,15H,8-10,12-13H2,1H3/t15-/m1/s1. The Bertz CT molecular complexity index is 1390. The molecule has 0 unspecified atom stereocenters. The highest BCUT2D eigenvalue weighted by molar-refractivity contribution is 7.91. The minimum absolute atomic E-state index is 0.00346. The van der Waals surface area contributed by atoms with E-state index in [2.05, 4.69) is 4.74 Å². The Morgan fingerprint density at radius 3 is 2.64 bits per heavy atom. The average Bonchev–Trinajstić information content (AvgIpc) is 3.20. The van der Waals surface area contributed by atoms with Crippen LogP contribution in [0.3, 0.4) is 0 Å². The summed E-state index contributed by atoms with van der Waals surface area (Å²) in [5, 5.41) is 0.335. The molecule has 5 rings (SSSR count). The van der Waals surface area contributed by atoms with Crippen molar-refractivity contribution in [2.24, 2.45) is 0 Å². The van der Waals surface area contributed by atoms with Crippen LogP contribution in [0.5, 0.6) is 17.2 Å². The Labute approximate surface area is 189 Å². The fraction of sp³-hybridized carbons (Fsp3) is 0.304. The van der Waals surface area contributed by atoms with Crippen LogP contribution < -0.4 is 14.9 Å². The van der Waals surface area contributed by atoms with Gasteiger partial charge in [0.2, 0.25) is 11.2 Å². The van der Waals surface area contributed by atoms with Gasteiger partial charge in [0.15, 0.2) is 9.84 Å². The van der Waals surface area contributed by atoms with Gasteiger partial charge >= 0.3 is 5.97 Å². The molecule has 2 aromatic carbocycles. The van der Waals surface area contributed by atoms with Crippen molar-refractivity contribution in [3.8, 4) is 17.2 Å². The smallest absolute Gasteiger partial charge is 0.337 e. The van der Waals surface area contributed by atoms with Crippen molar-refractivity contribution in [1.29, 1.82) is 0 Å². The molecule has 3 aromatic rings. The van der Waals surface area contributed by atoms with E-state index in [1.54, 1.807) is 24.3 Å². The van der Waals surface area contributed by atoms with Crippen molar-refractivity contribution in [1.82, 2.24) is 4.90 Å². The minimum atomic E-state index is -3.03. The molecule has 0 N–H and O–H groups in total. The first-order valence-corrected chi connectivity index (χ1v) is 12.2. The van der Waals surface area contributed by atoms with Crippen molar-refractivity contribution in [3.05, 3.63) is 64.0 Å². The van der Waals surface area contributed by atoms with Gasteiger partial charge in [-0.3, -0.25) is 9.69 Å².